The lowest BCUT2D eigenvalue weighted by Crippen LogP contribution is -2.27. The fourth-order valence-electron chi connectivity index (χ4n) is 1.32. The molecule has 17 heavy (non-hydrogen) atoms. The van der Waals surface area contributed by atoms with E-state index in [1.807, 2.05) is 6.92 Å². The van der Waals surface area contributed by atoms with E-state index in [9.17, 15) is 0 Å². The first-order valence-electron chi connectivity index (χ1n) is 5.61. The minimum Gasteiger partial charge on any atom is -0.380 e. The number of rotatable bonds is 8. The zero-order chi connectivity index (χ0) is 11.8. The molecule has 2 N–H and O–H groups in total. The Balaban J connectivity index is 0.00000256. The summed E-state index contributed by atoms with van der Waals surface area (Å²) in [5.41, 5.74) is 5.39. The summed E-state index contributed by atoms with van der Waals surface area (Å²) in [7, 11) is 0. The third-order valence-corrected chi connectivity index (χ3v) is 2.25. The summed E-state index contributed by atoms with van der Waals surface area (Å²) >= 11 is 0. The molecule has 0 unspecified atom stereocenters. The van der Waals surface area contributed by atoms with Crippen molar-refractivity contribution in [3.05, 3.63) is 11.7 Å². The molecule has 7 heteroatoms. The van der Waals surface area contributed by atoms with Crippen molar-refractivity contribution in [1.29, 1.82) is 0 Å². The number of nitrogens with zero attached hydrogens (tertiary/aromatic N) is 3. The normalized spacial score (nSPS) is 10.6. The van der Waals surface area contributed by atoms with Gasteiger partial charge in [-0.1, -0.05) is 12.1 Å². The van der Waals surface area contributed by atoms with Crippen LogP contribution in [0.2, 0.25) is 0 Å². The second-order valence-corrected chi connectivity index (χ2v) is 3.37. The van der Waals surface area contributed by atoms with Gasteiger partial charge in [0.05, 0.1) is 19.7 Å². The van der Waals surface area contributed by atoms with Gasteiger partial charge in [0.25, 0.3) is 0 Å². The molecular weight excluding hydrogens is 244 g/mol. The molecule has 0 aromatic carbocycles. The Labute approximate surface area is 108 Å². The third kappa shape index (κ3) is 5.97. The van der Waals surface area contributed by atoms with Gasteiger partial charge in [-0.05, 0) is 13.5 Å². The van der Waals surface area contributed by atoms with Crippen molar-refractivity contribution in [3.63, 3.8) is 0 Å². The highest BCUT2D eigenvalue weighted by Crippen LogP contribution is 2.01. The quantitative estimate of drug-likeness (QED) is 0.700. The van der Waals surface area contributed by atoms with Gasteiger partial charge in [-0.3, -0.25) is 4.90 Å². The van der Waals surface area contributed by atoms with E-state index in [2.05, 4.69) is 22.0 Å². The third-order valence-electron chi connectivity index (χ3n) is 2.25. The molecule has 0 aliphatic carbocycles. The summed E-state index contributed by atoms with van der Waals surface area (Å²) in [5.74, 6) is 1.16. The molecule has 1 rings (SSSR count). The second-order valence-electron chi connectivity index (χ2n) is 3.37. The number of aromatic nitrogens is 2. The standard InChI is InChI=1S/C10H20N4O2.ClH/c1-3-14(5-6-15-4-2)8-9-12-10(7-11)16-13-9;/h3-8,11H2,1-2H3;1H. The van der Waals surface area contributed by atoms with E-state index in [0.717, 1.165) is 26.3 Å². The zero-order valence-corrected chi connectivity index (χ0v) is 11.2. The van der Waals surface area contributed by atoms with E-state index in [1.165, 1.54) is 0 Å². The van der Waals surface area contributed by atoms with Crippen LogP contribution in [0.1, 0.15) is 25.6 Å². The zero-order valence-electron chi connectivity index (χ0n) is 10.4. The van der Waals surface area contributed by atoms with Crippen LogP contribution < -0.4 is 5.73 Å². The van der Waals surface area contributed by atoms with Crippen molar-refractivity contribution < 1.29 is 9.26 Å². The highest BCUT2D eigenvalue weighted by molar-refractivity contribution is 5.85. The van der Waals surface area contributed by atoms with E-state index in [-0.39, 0.29) is 19.0 Å². The molecule has 0 fully saturated rings. The summed E-state index contributed by atoms with van der Waals surface area (Å²) in [6.07, 6.45) is 0. The summed E-state index contributed by atoms with van der Waals surface area (Å²) in [6.45, 7) is 8.32. The molecule has 1 aromatic rings. The molecule has 0 amide bonds. The SMILES string of the molecule is CCOCCN(CC)Cc1noc(CN)n1.Cl. The molecule has 0 bridgehead atoms. The van der Waals surface area contributed by atoms with Gasteiger partial charge in [0.15, 0.2) is 5.82 Å². The monoisotopic (exact) mass is 264 g/mol. The first-order chi connectivity index (χ1) is 7.80. The minimum atomic E-state index is 0. The molecule has 1 heterocycles. The van der Waals surface area contributed by atoms with Crippen LogP contribution in [0.4, 0.5) is 0 Å². The van der Waals surface area contributed by atoms with Crippen LogP contribution in [0.3, 0.4) is 0 Å². The molecule has 0 saturated carbocycles. The maximum Gasteiger partial charge on any atom is 0.240 e. The van der Waals surface area contributed by atoms with Gasteiger partial charge in [-0.2, -0.15) is 4.98 Å². The summed E-state index contributed by atoms with van der Waals surface area (Å²) < 4.78 is 10.2. The van der Waals surface area contributed by atoms with Crippen molar-refractivity contribution in [2.75, 3.05) is 26.3 Å². The van der Waals surface area contributed by atoms with E-state index in [1.54, 1.807) is 0 Å². The summed E-state index contributed by atoms with van der Waals surface area (Å²) in [5, 5.41) is 3.85. The first-order valence-corrected chi connectivity index (χ1v) is 5.61. The van der Waals surface area contributed by atoms with Crippen LogP contribution in [0, 0.1) is 0 Å². The lowest BCUT2D eigenvalue weighted by Gasteiger charge is -2.17. The van der Waals surface area contributed by atoms with Gasteiger partial charge in [0.1, 0.15) is 0 Å². The number of hydrogen-bond acceptors (Lipinski definition) is 6. The molecule has 0 radical (unpaired) electrons. The summed E-state index contributed by atoms with van der Waals surface area (Å²) in [4.78, 5) is 6.35. The van der Waals surface area contributed by atoms with Crippen molar-refractivity contribution in [1.82, 2.24) is 15.0 Å². The topological polar surface area (TPSA) is 77.4 Å². The molecule has 0 spiro atoms. The number of nitrogens with two attached hydrogens (primary N) is 1. The van der Waals surface area contributed by atoms with Crippen molar-refractivity contribution >= 4 is 12.4 Å². The molecule has 100 valence electrons. The van der Waals surface area contributed by atoms with Crippen molar-refractivity contribution in [3.8, 4) is 0 Å². The fourth-order valence-corrected chi connectivity index (χ4v) is 1.32. The van der Waals surface area contributed by atoms with E-state index in [0.29, 0.717) is 18.3 Å². The van der Waals surface area contributed by atoms with Crippen LogP contribution in [0.15, 0.2) is 4.52 Å². The van der Waals surface area contributed by atoms with Crippen LogP contribution >= 0.6 is 12.4 Å². The van der Waals surface area contributed by atoms with Crippen LogP contribution in [0.5, 0.6) is 0 Å². The van der Waals surface area contributed by atoms with Gasteiger partial charge in [0.2, 0.25) is 5.89 Å². The van der Waals surface area contributed by atoms with Crippen LogP contribution in [-0.4, -0.2) is 41.3 Å². The molecule has 0 saturated heterocycles. The lowest BCUT2D eigenvalue weighted by atomic mass is 10.4. The number of halogens is 1. The average Bonchev–Trinajstić information content (AvgIpc) is 2.75. The Hall–Kier alpha value is -0.690. The minimum absolute atomic E-state index is 0. The average molecular weight is 265 g/mol. The smallest absolute Gasteiger partial charge is 0.240 e. The molecule has 6 nitrogen and oxygen atoms in total. The Kier molecular flexibility index (Phi) is 8.97. The molecule has 0 aliphatic heterocycles. The predicted molar refractivity (Wildman–Crippen MR) is 66.9 cm³/mol. The number of likely N-dealkylation sites (N-methyl/N-ethyl adjacent to an activating group) is 1. The van der Waals surface area contributed by atoms with Crippen molar-refractivity contribution in [2.45, 2.75) is 26.9 Å². The fraction of sp³-hybridized carbons (Fsp3) is 0.800. The maximum absolute atomic E-state index is 5.39. The lowest BCUT2D eigenvalue weighted by molar-refractivity contribution is 0.111. The highest BCUT2D eigenvalue weighted by Gasteiger charge is 2.09. The van der Waals surface area contributed by atoms with Gasteiger partial charge in [-0.15, -0.1) is 12.4 Å². The van der Waals surface area contributed by atoms with E-state index < -0.39 is 0 Å². The Morgan fingerprint density at radius 3 is 2.71 bits per heavy atom. The molecule has 0 aliphatic rings. The number of hydrogen-bond donors (Lipinski definition) is 1. The Morgan fingerprint density at radius 2 is 2.18 bits per heavy atom. The van der Waals surface area contributed by atoms with Gasteiger partial charge in [-0.25, -0.2) is 0 Å². The van der Waals surface area contributed by atoms with Crippen LogP contribution in [-0.2, 0) is 17.8 Å². The second kappa shape index (κ2) is 9.35. The van der Waals surface area contributed by atoms with E-state index >= 15 is 0 Å². The summed E-state index contributed by atoms with van der Waals surface area (Å²) in [6, 6.07) is 0. The predicted octanol–water partition coefficient (Wildman–Crippen LogP) is 0.809. The molecule has 1 aromatic heterocycles. The van der Waals surface area contributed by atoms with Crippen molar-refractivity contribution in [2.24, 2.45) is 5.73 Å². The first kappa shape index (κ1) is 16.3. The maximum atomic E-state index is 5.39. The van der Waals surface area contributed by atoms with Gasteiger partial charge >= 0.3 is 0 Å². The molecule has 0 atom stereocenters. The van der Waals surface area contributed by atoms with Crippen LogP contribution in [0.25, 0.3) is 0 Å². The Morgan fingerprint density at radius 1 is 1.41 bits per heavy atom. The Bertz CT molecular complexity index is 296. The molecular formula is C10H21ClN4O2. The van der Waals surface area contributed by atoms with E-state index in [4.69, 9.17) is 15.0 Å². The van der Waals surface area contributed by atoms with Gasteiger partial charge < -0.3 is 15.0 Å². The van der Waals surface area contributed by atoms with Gasteiger partial charge in [0, 0.05) is 13.2 Å². The highest BCUT2D eigenvalue weighted by atomic mass is 35.5. The largest absolute Gasteiger partial charge is 0.380 e. The number of ether oxygens (including phenoxy) is 1.